The minimum atomic E-state index is -0.905. The summed E-state index contributed by atoms with van der Waals surface area (Å²) in [7, 11) is 4.55. The molecule has 0 bridgehead atoms. The second kappa shape index (κ2) is 13.6. The number of fused-ring (bicyclic) bond motifs is 2. The third-order valence-corrected chi connectivity index (χ3v) is 10.7. The Morgan fingerprint density at radius 1 is 0.854 bits per heavy atom. The van der Waals surface area contributed by atoms with E-state index in [4.69, 9.17) is 18.9 Å². The second-order valence-electron chi connectivity index (χ2n) is 10.8. The molecule has 1 saturated heterocycles. The summed E-state index contributed by atoms with van der Waals surface area (Å²) in [6.45, 7) is 1.61. The summed E-state index contributed by atoms with van der Waals surface area (Å²) in [6, 6.07) is 18.1. The van der Waals surface area contributed by atoms with E-state index in [1.54, 1.807) is 56.5 Å². The van der Waals surface area contributed by atoms with Crippen LogP contribution in [0.2, 0.25) is 0 Å². The zero-order valence-corrected chi connectivity index (χ0v) is 28.0. The number of amides is 3. The van der Waals surface area contributed by atoms with Gasteiger partial charge < -0.3 is 24.3 Å². The molecular weight excluding hydrogens is 659 g/mol. The molecule has 4 aromatic rings. The highest BCUT2D eigenvalue weighted by molar-refractivity contribution is 8.00. The maximum absolute atomic E-state index is 14.3. The van der Waals surface area contributed by atoms with Crippen LogP contribution in [0, 0.1) is 5.92 Å². The van der Waals surface area contributed by atoms with Crippen LogP contribution < -0.4 is 29.3 Å². The van der Waals surface area contributed by atoms with Crippen molar-refractivity contribution in [3.8, 4) is 17.2 Å². The lowest BCUT2D eigenvalue weighted by atomic mass is 9.83. The number of ether oxygens (including phenoxy) is 4. The molecule has 2 aliphatic heterocycles. The molecule has 3 atom stereocenters. The van der Waals surface area contributed by atoms with Crippen LogP contribution in [0.4, 0.5) is 11.4 Å². The number of benzene rings is 3. The number of thiazole rings is 1. The number of hydrogen-bond donors (Lipinski definition) is 1. The number of imide groups is 1. The van der Waals surface area contributed by atoms with Gasteiger partial charge in [0.05, 0.1) is 50.1 Å². The van der Waals surface area contributed by atoms with Crippen LogP contribution in [0.25, 0.3) is 0 Å². The minimum absolute atomic E-state index is 0.208. The van der Waals surface area contributed by atoms with E-state index in [0.717, 1.165) is 28.0 Å². The first kappa shape index (κ1) is 32.8. The van der Waals surface area contributed by atoms with Crippen molar-refractivity contribution < 1.29 is 38.1 Å². The van der Waals surface area contributed by atoms with Gasteiger partial charge in [-0.25, -0.2) is 9.69 Å². The fraction of sp³-hybridized carbons (Fsp3) is 0.265. The number of esters is 1. The smallest absolute Gasteiger partial charge is 0.338 e. The van der Waals surface area contributed by atoms with Crippen LogP contribution in [0.1, 0.15) is 33.6 Å². The van der Waals surface area contributed by atoms with Gasteiger partial charge in [-0.05, 0) is 73.2 Å². The van der Waals surface area contributed by atoms with Gasteiger partial charge in [0.15, 0.2) is 11.5 Å². The van der Waals surface area contributed by atoms with Gasteiger partial charge in [-0.3, -0.25) is 23.7 Å². The van der Waals surface area contributed by atoms with E-state index in [0.29, 0.717) is 44.1 Å². The SMILES string of the molecule is CCOC(=O)c1ccc(N2C(=O)C3Sc4c(sc(=O)n4CC(=O)Nc4ccc(OC)cc4)[C@H](c4ccc(OC)c(OC)c4)C3C2=O)cc1. The summed E-state index contributed by atoms with van der Waals surface area (Å²) in [5, 5.41) is 2.33. The number of nitrogens with one attached hydrogen (secondary N) is 1. The van der Waals surface area contributed by atoms with E-state index < -0.39 is 45.6 Å². The zero-order valence-electron chi connectivity index (χ0n) is 26.4. The molecule has 2 unspecified atom stereocenters. The molecule has 0 radical (unpaired) electrons. The van der Waals surface area contributed by atoms with E-state index in [1.807, 2.05) is 0 Å². The lowest BCUT2D eigenvalue weighted by Gasteiger charge is -2.31. The number of thioether (sulfide) groups is 1. The van der Waals surface area contributed by atoms with Crippen molar-refractivity contribution in [2.75, 3.05) is 38.2 Å². The number of aromatic nitrogens is 1. The summed E-state index contributed by atoms with van der Waals surface area (Å²) >= 11 is 2.04. The summed E-state index contributed by atoms with van der Waals surface area (Å²) < 4.78 is 22.6. The average molecular weight is 690 g/mol. The van der Waals surface area contributed by atoms with Gasteiger partial charge in [-0.1, -0.05) is 29.2 Å². The van der Waals surface area contributed by atoms with Crippen LogP contribution in [0.5, 0.6) is 17.2 Å². The van der Waals surface area contributed by atoms with E-state index in [9.17, 15) is 24.0 Å². The Balaban J connectivity index is 1.39. The highest BCUT2D eigenvalue weighted by atomic mass is 32.2. The van der Waals surface area contributed by atoms with Crippen LogP contribution in [-0.2, 0) is 25.7 Å². The van der Waals surface area contributed by atoms with Crippen LogP contribution in [0.3, 0.4) is 0 Å². The molecule has 0 aliphatic carbocycles. The standard InChI is InChI=1S/C34H31N3O9S2/c1-5-46-33(41)18-6-11-21(12-7-18)37-30(39)27-26(19-8-15-23(44-3)24(16-19)45-4)29-32(47-28(27)31(37)40)36(34(42)48-29)17-25(38)35-20-9-13-22(43-2)14-10-20/h6-16,26-28H,5,17H2,1-4H3,(H,35,38)/t26-,27?,28?/m1/s1. The molecule has 2 aliphatic rings. The number of nitrogens with zero attached hydrogens (tertiary/aromatic N) is 2. The predicted octanol–water partition coefficient (Wildman–Crippen LogP) is 4.55. The topological polar surface area (TPSA) is 142 Å². The summed E-state index contributed by atoms with van der Waals surface area (Å²) in [6.07, 6.45) is 0. The highest BCUT2D eigenvalue weighted by Crippen LogP contribution is 2.54. The molecule has 0 saturated carbocycles. The summed E-state index contributed by atoms with van der Waals surface area (Å²) in [5.41, 5.74) is 1.75. The Morgan fingerprint density at radius 2 is 1.56 bits per heavy atom. The second-order valence-corrected chi connectivity index (χ2v) is 13.0. The number of carbonyl (C=O) groups is 4. The molecule has 14 heteroatoms. The predicted molar refractivity (Wildman–Crippen MR) is 180 cm³/mol. The molecule has 248 valence electrons. The molecule has 3 amide bonds. The van der Waals surface area contributed by atoms with E-state index in [-0.39, 0.29) is 18.7 Å². The Kier molecular flexibility index (Phi) is 9.29. The van der Waals surface area contributed by atoms with E-state index in [2.05, 4.69) is 5.32 Å². The number of carbonyl (C=O) groups excluding carboxylic acids is 4. The molecule has 6 rings (SSSR count). The maximum Gasteiger partial charge on any atom is 0.338 e. The van der Waals surface area contributed by atoms with Crippen molar-refractivity contribution in [2.24, 2.45) is 5.92 Å². The third kappa shape index (κ3) is 5.92. The fourth-order valence-electron chi connectivity index (χ4n) is 5.89. The van der Waals surface area contributed by atoms with Gasteiger partial charge in [-0.15, -0.1) is 0 Å². The lowest BCUT2D eigenvalue weighted by Crippen LogP contribution is -2.33. The van der Waals surface area contributed by atoms with E-state index in [1.165, 1.54) is 43.1 Å². The van der Waals surface area contributed by atoms with Crippen LogP contribution in [0.15, 0.2) is 76.6 Å². The molecule has 1 aromatic heterocycles. The number of rotatable bonds is 10. The first-order chi connectivity index (χ1) is 23.2. The van der Waals surface area contributed by atoms with Crippen molar-refractivity contribution in [1.82, 2.24) is 4.57 Å². The maximum atomic E-state index is 14.3. The number of methoxy groups -OCH3 is 3. The molecule has 3 heterocycles. The normalized spacial score (nSPS) is 18.2. The van der Waals surface area contributed by atoms with Crippen molar-refractivity contribution in [2.45, 2.75) is 29.7 Å². The minimum Gasteiger partial charge on any atom is -0.497 e. The quantitative estimate of drug-likeness (QED) is 0.186. The molecule has 0 spiro atoms. The number of hydrogen-bond acceptors (Lipinski definition) is 11. The largest absolute Gasteiger partial charge is 0.497 e. The van der Waals surface area contributed by atoms with Gasteiger partial charge in [0.2, 0.25) is 17.7 Å². The van der Waals surface area contributed by atoms with Crippen molar-refractivity contribution in [3.63, 3.8) is 0 Å². The monoisotopic (exact) mass is 689 g/mol. The van der Waals surface area contributed by atoms with Gasteiger partial charge in [-0.2, -0.15) is 0 Å². The Morgan fingerprint density at radius 3 is 2.21 bits per heavy atom. The molecule has 48 heavy (non-hydrogen) atoms. The molecule has 3 aromatic carbocycles. The molecule has 1 fully saturated rings. The van der Waals surface area contributed by atoms with Crippen molar-refractivity contribution in [3.05, 3.63) is 92.4 Å². The molecule has 12 nitrogen and oxygen atoms in total. The summed E-state index contributed by atoms with van der Waals surface area (Å²) in [5.74, 6) is -1.94. The first-order valence-electron chi connectivity index (χ1n) is 14.9. The van der Waals surface area contributed by atoms with Crippen molar-refractivity contribution >= 4 is 58.2 Å². The lowest BCUT2D eigenvalue weighted by molar-refractivity contribution is -0.122. The van der Waals surface area contributed by atoms with Gasteiger partial charge in [0.1, 0.15) is 17.5 Å². The Labute approximate surface area is 283 Å². The number of anilines is 2. The fourth-order valence-corrected chi connectivity index (χ4v) is 8.67. The first-order valence-corrected chi connectivity index (χ1v) is 16.6. The third-order valence-electron chi connectivity index (χ3n) is 8.13. The van der Waals surface area contributed by atoms with Crippen molar-refractivity contribution in [1.29, 1.82) is 0 Å². The zero-order chi connectivity index (χ0) is 34.1. The van der Waals surface area contributed by atoms with Gasteiger partial charge in [0.25, 0.3) is 0 Å². The van der Waals surface area contributed by atoms with Crippen LogP contribution >= 0.6 is 23.1 Å². The summed E-state index contributed by atoms with van der Waals surface area (Å²) in [4.78, 5) is 68.5. The van der Waals surface area contributed by atoms with E-state index >= 15 is 0 Å². The highest BCUT2D eigenvalue weighted by Gasteiger charge is 2.57. The molecule has 1 N–H and O–H groups in total. The Bertz CT molecular complexity index is 1950. The molecular formula is C34H31N3O9S2. The van der Waals surface area contributed by atoms with Gasteiger partial charge >= 0.3 is 10.8 Å². The van der Waals surface area contributed by atoms with Gasteiger partial charge in [0, 0.05) is 16.5 Å². The Hall–Kier alpha value is -5.08. The van der Waals surface area contributed by atoms with Crippen LogP contribution in [-0.4, -0.2) is 61.4 Å². The average Bonchev–Trinajstić information content (AvgIpc) is 3.54.